The monoisotopic (exact) mass is 593 g/mol. The first-order valence-electron chi connectivity index (χ1n) is 14.6. The Bertz CT molecular complexity index is 1320. The van der Waals surface area contributed by atoms with Crippen LogP contribution in [0.4, 0.5) is 4.79 Å². The molecular formula is C33H43N3O5S. The summed E-state index contributed by atoms with van der Waals surface area (Å²) in [5.41, 5.74) is 2.09. The Morgan fingerprint density at radius 3 is 2.14 bits per heavy atom. The summed E-state index contributed by atoms with van der Waals surface area (Å²) in [6.45, 7) is 4.17. The van der Waals surface area contributed by atoms with Gasteiger partial charge in [0.05, 0.1) is 11.5 Å². The Kier molecular flexibility index (Phi) is 12.0. The van der Waals surface area contributed by atoms with Gasteiger partial charge in [-0.3, -0.25) is 0 Å². The Morgan fingerprint density at radius 1 is 0.929 bits per heavy atom. The van der Waals surface area contributed by atoms with Crippen LogP contribution in [-0.2, 0) is 26.1 Å². The van der Waals surface area contributed by atoms with Gasteiger partial charge in [0, 0.05) is 46.4 Å². The van der Waals surface area contributed by atoms with E-state index in [9.17, 15) is 13.2 Å². The van der Waals surface area contributed by atoms with Crippen molar-refractivity contribution in [3.63, 3.8) is 0 Å². The highest BCUT2D eigenvalue weighted by Crippen LogP contribution is 2.26. The standard InChI is InChI=1S/C33H43N3O5S/c1-34(42(38,39)32-16-10-5-11-17-32)26-30(29-14-8-4-9-15-29)18-21-35-22-19-31(20-23-35)36(24-25-40-2)33(37)41-27-28-12-6-3-7-13-28/h3-17,30-31H,18-27H2,1-2H3/t30-/m1/s1. The third-order valence-corrected chi connectivity index (χ3v) is 9.81. The molecule has 3 aromatic carbocycles. The van der Waals surface area contributed by atoms with E-state index in [2.05, 4.69) is 17.0 Å². The van der Waals surface area contributed by atoms with Gasteiger partial charge in [0.1, 0.15) is 6.61 Å². The molecule has 3 aromatic rings. The molecule has 0 unspecified atom stereocenters. The van der Waals surface area contributed by atoms with Crippen LogP contribution in [0.5, 0.6) is 0 Å². The molecule has 226 valence electrons. The van der Waals surface area contributed by atoms with E-state index in [0.717, 1.165) is 50.0 Å². The van der Waals surface area contributed by atoms with Crippen molar-refractivity contribution in [3.05, 3.63) is 102 Å². The van der Waals surface area contributed by atoms with Crippen molar-refractivity contribution in [2.24, 2.45) is 0 Å². The highest BCUT2D eigenvalue weighted by atomic mass is 32.2. The van der Waals surface area contributed by atoms with Crippen LogP contribution in [-0.4, -0.2) is 88.1 Å². The highest BCUT2D eigenvalue weighted by Gasteiger charge is 2.30. The molecule has 1 aliphatic heterocycles. The molecular weight excluding hydrogens is 550 g/mol. The molecule has 8 nitrogen and oxygen atoms in total. The van der Waals surface area contributed by atoms with Crippen LogP contribution in [0.1, 0.15) is 36.3 Å². The maximum absolute atomic E-state index is 13.2. The Balaban J connectivity index is 1.34. The van der Waals surface area contributed by atoms with Crippen LogP contribution in [0.15, 0.2) is 95.9 Å². The second-order valence-electron chi connectivity index (χ2n) is 10.8. The van der Waals surface area contributed by atoms with Crippen molar-refractivity contribution in [3.8, 4) is 0 Å². The molecule has 0 bridgehead atoms. The minimum absolute atomic E-state index is 0.0542. The first-order chi connectivity index (χ1) is 20.4. The van der Waals surface area contributed by atoms with E-state index in [1.165, 1.54) is 4.31 Å². The average Bonchev–Trinajstić information content (AvgIpc) is 3.04. The number of amides is 1. The van der Waals surface area contributed by atoms with E-state index in [1.807, 2.05) is 59.5 Å². The number of methoxy groups -OCH3 is 1. The molecule has 0 radical (unpaired) electrons. The number of benzene rings is 3. The molecule has 0 N–H and O–H groups in total. The maximum Gasteiger partial charge on any atom is 0.410 e. The summed E-state index contributed by atoms with van der Waals surface area (Å²) in [6.07, 6.45) is 2.22. The van der Waals surface area contributed by atoms with Crippen LogP contribution >= 0.6 is 0 Å². The molecule has 9 heteroatoms. The zero-order valence-corrected chi connectivity index (χ0v) is 25.5. The number of sulfonamides is 1. The summed E-state index contributed by atoms with van der Waals surface area (Å²) in [6, 6.07) is 28.5. The van der Waals surface area contributed by atoms with Crippen molar-refractivity contribution in [1.29, 1.82) is 0 Å². The summed E-state index contributed by atoms with van der Waals surface area (Å²) in [7, 11) is -0.278. The first kappa shape index (κ1) is 31.7. The number of piperidine rings is 1. The first-order valence-corrected chi connectivity index (χ1v) is 16.1. The number of hydrogen-bond acceptors (Lipinski definition) is 6. The minimum atomic E-state index is -3.58. The zero-order chi connectivity index (χ0) is 29.8. The van der Waals surface area contributed by atoms with Gasteiger partial charge >= 0.3 is 6.09 Å². The molecule has 1 amide bonds. The molecule has 42 heavy (non-hydrogen) atoms. The van der Waals surface area contributed by atoms with Gasteiger partial charge in [-0.25, -0.2) is 17.5 Å². The van der Waals surface area contributed by atoms with Crippen molar-refractivity contribution in [1.82, 2.24) is 14.1 Å². The van der Waals surface area contributed by atoms with Crippen molar-refractivity contribution in [2.45, 2.75) is 42.7 Å². The Morgan fingerprint density at radius 2 is 1.52 bits per heavy atom. The maximum atomic E-state index is 13.2. The SMILES string of the molecule is COCCN(C(=O)OCc1ccccc1)C1CCN(CC[C@H](CN(C)S(=O)(=O)c2ccccc2)c2ccccc2)CC1. The molecule has 4 rings (SSSR count). The second kappa shape index (κ2) is 15.8. The lowest BCUT2D eigenvalue weighted by Gasteiger charge is -2.38. The summed E-state index contributed by atoms with van der Waals surface area (Å²) in [4.78, 5) is 17.6. The van der Waals surface area contributed by atoms with Crippen molar-refractivity contribution in [2.75, 3.05) is 53.5 Å². The van der Waals surface area contributed by atoms with Gasteiger partial charge in [-0.15, -0.1) is 0 Å². The van der Waals surface area contributed by atoms with E-state index in [1.54, 1.807) is 38.4 Å². The van der Waals surface area contributed by atoms with Crippen LogP contribution in [0.3, 0.4) is 0 Å². The largest absolute Gasteiger partial charge is 0.445 e. The highest BCUT2D eigenvalue weighted by molar-refractivity contribution is 7.89. The smallest absolute Gasteiger partial charge is 0.410 e. The van der Waals surface area contributed by atoms with Crippen molar-refractivity contribution < 1.29 is 22.7 Å². The van der Waals surface area contributed by atoms with Gasteiger partial charge in [0.2, 0.25) is 10.0 Å². The van der Waals surface area contributed by atoms with Crippen LogP contribution in [0, 0.1) is 0 Å². The van der Waals surface area contributed by atoms with E-state index < -0.39 is 10.0 Å². The van der Waals surface area contributed by atoms with Gasteiger partial charge < -0.3 is 19.3 Å². The number of likely N-dealkylation sites (tertiary alicyclic amines) is 1. The number of nitrogens with zero attached hydrogens (tertiary/aromatic N) is 3. The average molecular weight is 594 g/mol. The zero-order valence-electron chi connectivity index (χ0n) is 24.7. The Hall–Kier alpha value is -3.24. The van der Waals surface area contributed by atoms with Crippen LogP contribution in [0.25, 0.3) is 0 Å². The number of rotatable bonds is 14. The predicted molar refractivity (Wildman–Crippen MR) is 165 cm³/mol. The predicted octanol–water partition coefficient (Wildman–Crippen LogP) is 5.23. The molecule has 1 aliphatic rings. The molecule has 0 spiro atoms. The topological polar surface area (TPSA) is 79.4 Å². The van der Waals surface area contributed by atoms with Gasteiger partial charge in [0.15, 0.2) is 0 Å². The molecule has 1 fully saturated rings. The lowest BCUT2D eigenvalue weighted by molar-refractivity contribution is 0.0470. The number of likely N-dealkylation sites (N-methyl/N-ethyl adjacent to an activating group) is 1. The molecule has 1 heterocycles. The lowest BCUT2D eigenvalue weighted by atomic mass is 9.94. The van der Waals surface area contributed by atoms with E-state index >= 15 is 0 Å². The molecule has 0 saturated carbocycles. The summed E-state index contributed by atoms with van der Waals surface area (Å²) < 4.78 is 38.9. The molecule has 1 saturated heterocycles. The number of carbonyl (C=O) groups is 1. The molecule has 1 atom stereocenters. The fourth-order valence-electron chi connectivity index (χ4n) is 5.48. The third-order valence-electron chi connectivity index (χ3n) is 7.97. The van der Waals surface area contributed by atoms with Crippen molar-refractivity contribution >= 4 is 16.1 Å². The summed E-state index contributed by atoms with van der Waals surface area (Å²) in [5.74, 6) is 0.0542. The van der Waals surface area contributed by atoms with Crippen LogP contribution < -0.4 is 0 Å². The van der Waals surface area contributed by atoms with Gasteiger partial charge in [-0.1, -0.05) is 78.9 Å². The fourth-order valence-corrected chi connectivity index (χ4v) is 6.71. The Labute approximate surface area is 250 Å². The normalized spacial score (nSPS) is 15.4. The van der Waals surface area contributed by atoms with Gasteiger partial charge in [0.25, 0.3) is 0 Å². The number of ether oxygens (including phenoxy) is 2. The van der Waals surface area contributed by atoms with E-state index in [4.69, 9.17) is 9.47 Å². The number of hydrogen-bond donors (Lipinski definition) is 0. The fraction of sp³-hybridized carbons (Fsp3) is 0.424. The molecule has 0 aliphatic carbocycles. The summed E-state index contributed by atoms with van der Waals surface area (Å²) in [5, 5.41) is 0. The summed E-state index contributed by atoms with van der Waals surface area (Å²) >= 11 is 0. The minimum Gasteiger partial charge on any atom is -0.445 e. The third kappa shape index (κ3) is 8.88. The van der Waals surface area contributed by atoms with E-state index in [-0.39, 0.29) is 24.7 Å². The second-order valence-corrected chi connectivity index (χ2v) is 12.8. The quantitative estimate of drug-likeness (QED) is 0.255. The van der Waals surface area contributed by atoms with Gasteiger partial charge in [-0.05, 0) is 55.0 Å². The number of carbonyl (C=O) groups excluding carboxylic acids is 1. The molecule has 0 aromatic heterocycles. The van der Waals surface area contributed by atoms with Crippen LogP contribution in [0.2, 0.25) is 0 Å². The van der Waals surface area contributed by atoms with Gasteiger partial charge in [-0.2, -0.15) is 0 Å². The lowest BCUT2D eigenvalue weighted by Crippen LogP contribution is -2.49. The van der Waals surface area contributed by atoms with E-state index in [0.29, 0.717) is 24.6 Å².